The van der Waals surface area contributed by atoms with Crippen LogP contribution in [0.2, 0.25) is 0 Å². The Morgan fingerprint density at radius 2 is 1.76 bits per heavy atom. The van der Waals surface area contributed by atoms with E-state index in [1.54, 1.807) is 28.6 Å². The van der Waals surface area contributed by atoms with Crippen LogP contribution in [0.3, 0.4) is 0 Å². The van der Waals surface area contributed by atoms with E-state index >= 15 is 0 Å². The molecule has 0 bridgehead atoms. The van der Waals surface area contributed by atoms with E-state index in [0.717, 1.165) is 12.0 Å². The van der Waals surface area contributed by atoms with Crippen molar-refractivity contribution in [1.29, 1.82) is 0 Å². The van der Waals surface area contributed by atoms with Crippen LogP contribution in [0.4, 0.5) is 10.1 Å². The Labute approximate surface area is 199 Å². The number of nitrogens with one attached hydrogen (secondary N) is 1. The lowest BCUT2D eigenvalue weighted by Gasteiger charge is -2.29. The second-order valence-corrected chi connectivity index (χ2v) is 11.2. The maximum atomic E-state index is 14.6. The van der Waals surface area contributed by atoms with E-state index in [-0.39, 0.29) is 23.7 Å². The lowest BCUT2D eigenvalue weighted by atomic mass is 10.1. The van der Waals surface area contributed by atoms with Crippen LogP contribution in [-0.2, 0) is 21.2 Å². The molecule has 2 heterocycles. The van der Waals surface area contributed by atoms with Crippen LogP contribution in [0.25, 0.3) is 0 Å². The minimum absolute atomic E-state index is 0.255. The molecule has 1 N–H and O–H groups in total. The largest absolute Gasteiger partial charge is 0.378 e. The number of fused-ring (bicyclic) bond motifs is 1. The number of aryl methyl sites for hydroxylation is 1. The van der Waals surface area contributed by atoms with E-state index in [1.165, 1.54) is 6.07 Å². The van der Waals surface area contributed by atoms with Crippen LogP contribution in [-0.4, -0.2) is 64.6 Å². The highest BCUT2D eigenvalue weighted by molar-refractivity contribution is 7.89. The summed E-state index contributed by atoms with van der Waals surface area (Å²) in [5.41, 5.74) is 1.89. The van der Waals surface area contributed by atoms with Gasteiger partial charge in [0.15, 0.2) is 0 Å². The summed E-state index contributed by atoms with van der Waals surface area (Å²) in [6.07, 6.45) is 0.867. The highest BCUT2D eigenvalue weighted by atomic mass is 32.2. The van der Waals surface area contributed by atoms with E-state index in [1.807, 2.05) is 24.0 Å². The molecule has 7 nitrogen and oxygen atoms in total. The lowest BCUT2D eigenvalue weighted by Crippen LogP contribution is -2.37. The number of carbonyl (C=O) groups is 1. The first-order valence-electron chi connectivity index (χ1n) is 11.9. The van der Waals surface area contributed by atoms with Crippen molar-refractivity contribution < 1.29 is 22.3 Å². The van der Waals surface area contributed by atoms with Gasteiger partial charge >= 0.3 is 0 Å². The van der Waals surface area contributed by atoms with Crippen molar-refractivity contribution in [3.8, 4) is 0 Å². The number of sulfonamides is 1. The number of anilines is 1. The monoisotopic (exact) mass is 487 g/mol. The van der Waals surface area contributed by atoms with Crippen LogP contribution in [0.1, 0.15) is 22.8 Å². The summed E-state index contributed by atoms with van der Waals surface area (Å²) in [5.74, 6) is 0.0507. The summed E-state index contributed by atoms with van der Waals surface area (Å²) in [6.45, 7) is 5.85. The molecule has 1 aliphatic carbocycles. The molecule has 1 amide bonds. The quantitative estimate of drug-likeness (QED) is 0.649. The summed E-state index contributed by atoms with van der Waals surface area (Å²) >= 11 is 0. The molecule has 0 radical (unpaired) electrons. The molecule has 2 aliphatic heterocycles. The number of piperidine rings is 1. The molecular weight excluding hydrogens is 457 g/mol. The molecule has 34 heavy (non-hydrogen) atoms. The zero-order valence-corrected chi connectivity index (χ0v) is 20.1. The van der Waals surface area contributed by atoms with Gasteiger partial charge in [0.25, 0.3) is 5.91 Å². The Morgan fingerprint density at radius 3 is 2.38 bits per heavy atom. The van der Waals surface area contributed by atoms with E-state index in [0.29, 0.717) is 62.1 Å². The maximum Gasteiger partial charge on any atom is 0.251 e. The number of nitrogens with zero attached hydrogens (tertiary/aromatic N) is 2. The predicted molar refractivity (Wildman–Crippen MR) is 127 cm³/mol. The zero-order valence-electron chi connectivity index (χ0n) is 19.2. The first-order valence-corrected chi connectivity index (χ1v) is 13.3. The normalized spacial score (nSPS) is 24.6. The van der Waals surface area contributed by atoms with Crippen molar-refractivity contribution in [2.45, 2.75) is 18.2 Å². The van der Waals surface area contributed by atoms with Gasteiger partial charge in [-0.3, -0.25) is 4.79 Å². The summed E-state index contributed by atoms with van der Waals surface area (Å²) in [6, 6.07) is 11.7. The second-order valence-electron chi connectivity index (χ2n) is 9.29. The fourth-order valence-corrected chi connectivity index (χ4v) is 6.69. The van der Waals surface area contributed by atoms with Crippen molar-refractivity contribution >= 4 is 21.6 Å². The SMILES string of the molecule is CCc1ccc(S(=O)(=O)N2CC3C(CNC(=O)c4ccc(N5CCOCC5)c(F)c4)C3C2)cc1. The smallest absolute Gasteiger partial charge is 0.251 e. The average Bonchev–Trinajstić information content (AvgIpc) is 3.30. The number of hydrogen-bond donors (Lipinski definition) is 1. The van der Waals surface area contributed by atoms with Gasteiger partial charge in [0.2, 0.25) is 10.0 Å². The van der Waals surface area contributed by atoms with Crippen LogP contribution in [0.15, 0.2) is 47.4 Å². The van der Waals surface area contributed by atoms with Gasteiger partial charge in [-0.2, -0.15) is 4.31 Å². The fraction of sp³-hybridized carbons (Fsp3) is 0.480. The van der Waals surface area contributed by atoms with Crippen molar-refractivity contribution in [2.24, 2.45) is 17.8 Å². The molecule has 182 valence electrons. The third-order valence-corrected chi connectivity index (χ3v) is 9.21. The minimum atomic E-state index is -3.49. The number of halogens is 1. The number of morpholine rings is 1. The Balaban J connectivity index is 1.13. The lowest BCUT2D eigenvalue weighted by molar-refractivity contribution is 0.0949. The zero-order chi connectivity index (χ0) is 23.9. The average molecular weight is 488 g/mol. The Kier molecular flexibility index (Phi) is 6.35. The number of carbonyl (C=O) groups excluding carboxylic acids is 1. The van der Waals surface area contributed by atoms with Crippen LogP contribution >= 0.6 is 0 Å². The Hall–Kier alpha value is -2.49. The van der Waals surface area contributed by atoms with E-state index in [2.05, 4.69) is 5.32 Å². The molecule has 0 aromatic heterocycles. The number of amides is 1. The molecular formula is C25H30FN3O4S. The van der Waals surface area contributed by atoms with E-state index < -0.39 is 15.8 Å². The molecule has 2 atom stereocenters. The van der Waals surface area contributed by atoms with Gasteiger partial charge in [0, 0.05) is 38.3 Å². The third-order valence-electron chi connectivity index (χ3n) is 7.37. The summed E-state index contributed by atoms with van der Waals surface area (Å²) < 4.78 is 47.4. The number of ether oxygens (including phenoxy) is 1. The van der Waals surface area contributed by atoms with Gasteiger partial charge in [-0.05, 0) is 60.1 Å². The first-order chi connectivity index (χ1) is 16.4. The van der Waals surface area contributed by atoms with Crippen molar-refractivity contribution in [2.75, 3.05) is 50.8 Å². The Bertz CT molecular complexity index is 1150. The van der Waals surface area contributed by atoms with Crippen molar-refractivity contribution in [1.82, 2.24) is 9.62 Å². The molecule has 3 fully saturated rings. The number of rotatable bonds is 7. The molecule has 2 saturated heterocycles. The fourth-order valence-electron chi connectivity index (χ4n) is 5.18. The molecule has 2 aromatic rings. The van der Waals surface area contributed by atoms with E-state index in [9.17, 15) is 17.6 Å². The highest BCUT2D eigenvalue weighted by Gasteiger charge is 2.57. The molecule has 5 rings (SSSR count). The summed E-state index contributed by atoms with van der Waals surface area (Å²) in [5, 5.41) is 2.91. The van der Waals surface area contributed by atoms with Gasteiger partial charge < -0.3 is 15.0 Å². The van der Waals surface area contributed by atoms with Gasteiger partial charge in [-0.25, -0.2) is 12.8 Å². The molecule has 0 spiro atoms. The number of hydrogen-bond acceptors (Lipinski definition) is 5. The van der Waals surface area contributed by atoms with Gasteiger partial charge in [-0.15, -0.1) is 0 Å². The molecule has 3 aliphatic rings. The van der Waals surface area contributed by atoms with Crippen molar-refractivity contribution in [3.63, 3.8) is 0 Å². The van der Waals surface area contributed by atoms with Crippen LogP contribution < -0.4 is 10.2 Å². The second kappa shape index (κ2) is 9.28. The van der Waals surface area contributed by atoms with Crippen LogP contribution in [0, 0.1) is 23.6 Å². The minimum Gasteiger partial charge on any atom is -0.378 e. The summed E-state index contributed by atoms with van der Waals surface area (Å²) in [7, 11) is -3.49. The standard InChI is InChI=1S/C25H30FN3O4S/c1-2-17-3-6-19(7-4-17)34(31,32)29-15-21-20(22(21)16-29)14-27-25(30)18-5-8-24(23(26)13-18)28-9-11-33-12-10-28/h3-8,13,20-22H,2,9-12,14-16H2,1H3,(H,27,30). The molecule has 2 unspecified atom stereocenters. The topological polar surface area (TPSA) is 79.0 Å². The maximum absolute atomic E-state index is 14.6. The molecule has 9 heteroatoms. The van der Waals surface area contributed by atoms with Gasteiger partial charge in [0.05, 0.1) is 23.8 Å². The van der Waals surface area contributed by atoms with E-state index in [4.69, 9.17) is 4.74 Å². The molecule has 1 saturated carbocycles. The highest BCUT2D eigenvalue weighted by Crippen LogP contribution is 2.52. The van der Waals surface area contributed by atoms with Gasteiger partial charge in [0.1, 0.15) is 5.82 Å². The molecule has 2 aromatic carbocycles. The van der Waals surface area contributed by atoms with Crippen molar-refractivity contribution in [3.05, 3.63) is 59.4 Å². The Morgan fingerprint density at radius 1 is 1.09 bits per heavy atom. The summed E-state index contributed by atoms with van der Waals surface area (Å²) in [4.78, 5) is 14.8. The predicted octanol–water partition coefficient (Wildman–Crippen LogP) is 2.52. The van der Waals surface area contributed by atoms with Gasteiger partial charge in [-0.1, -0.05) is 19.1 Å². The first kappa shape index (κ1) is 23.3. The third kappa shape index (κ3) is 4.44. The number of benzene rings is 2. The van der Waals surface area contributed by atoms with Crippen LogP contribution in [0.5, 0.6) is 0 Å².